The van der Waals surface area contributed by atoms with Gasteiger partial charge in [-0.15, -0.1) is 0 Å². The van der Waals surface area contributed by atoms with Crippen LogP contribution in [0.1, 0.15) is 0 Å². The van der Waals surface area contributed by atoms with Crippen molar-refractivity contribution in [3.05, 3.63) is 164 Å². The van der Waals surface area contributed by atoms with E-state index in [4.69, 9.17) is 19.4 Å². The van der Waals surface area contributed by atoms with Gasteiger partial charge in [0.1, 0.15) is 11.2 Å². The van der Waals surface area contributed by atoms with Gasteiger partial charge in [0.15, 0.2) is 17.5 Å². The molecule has 4 heterocycles. The number of aromatic nitrogens is 5. The van der Waals surface area contributed by atoms with Crippen LogP contribution in [-0.4, -0.2) is 24.5 Å². The molecule has 234 valence electrons. The lowest BCUT2D eigenvalue weighted by Crippen LogP contribution is -2.00. The van der Waals surface area contributed by atoms with Gasteiger partial charge in [-0.2, -0.15) is 0 Å². The first-order valence-corrected chi connectivity index (χ1v) is 16.5. The van der Waals surface area contributed by atoms with Gasteiger partial charge in [-0.05, 0) is 65.7 Å². The van der Waals surface area contributed by atoms with Gasteiger partial charge in [0.05, 0.1) is 11.0 Å². The summed E-state index contributed by atoms with van der Waals surface area (Å²) in [7, 11) is 0. The molecule has 0 bridgehead atoms. The Morgan fingerprint density at radius 3 is 1.70 bits per heavy atom. The van der Waals surface area contributed by atoms with E-state index < -0.39 is 0 Å². The number of hydrogen-bond acceptors (Lipinski definition) is 5. The van der Waals surface area contributed by atoms with Gasteiger partial charge in [0.2, 0.25) is 0 Å². The van der Waals surface area contributed by atoms with Crippen molar-refractivity contribution in [3.8, 4) is 51.0 Å². The van der Waals surface area contributed by atoms with Crippen molar-refractivity contribution in [2.75, 3.05) is 0 Å². The summed E-state index contributed by atoms with van der Waals surface area (Å²) >= 11 is 0. The summed E-state index contributed by atoms with van der Waals surface area (Å²) in [5.41, 5.74) is 9.69. The number of fused-ring (bicyclic) bond motifs is 6. The Bertz CT molecular complexity index is 2790. The van der Waals surface area contributed by atoms with Crippen LogP contribution >= 0.6 is 0 Å². The molecule has 0 saturated carbocycles. The van der Waals surface area contributed by atoms with Crippen molar-refractivity contribution < 1.29 is 4.42 Å². The summed E-state index contributed by atoms with van der Waals surface area (Å²) in [6, 6.07) is 51.9. The molecule has 6 nitrogen and oxygen atoms in total. The maximum atomic E-state index is 6.78. The standard InChI is InChI=1S/C44H27N5O/c1-4-12-29(13-5-1)42-46-43(30-14-6-2-7-15-30)48-44(47-42)31-24-34(28-20-22-45-23-21-28)41-36-26-38-35(27-39(36)50-40(41)25-31)33-18-10-11-19-37(33)49(38)32-16-8-3-9-17-32/h1-27H. The largest absolute Gasteiger partial charge is 0.456 e. The van der Waals surface area contributed by atoms with Crippen LogP contribution in [0.4, 0.5) is 0 Å². The molecule has 0 saturated heterocycles. The van der Waals surface area contributed by atoms with E-state index in [1.54, 1.807) is 0 Å². The van der Waals surface area contributed by atoms with Gasteiger partial charge < -0.3 is 8.98 Å². The molecule has 6 aromatic carbocycles. The minimum Gasteiger partial charge on any atom is -0.456 e. The van der Waals surface area contributed by atoms with Crippen molar-refractivity contribution in [2.24, 2.45) is 0 Å². The Morgan fingerprint density at radius 2 is 1.02 bits per heavy atom. The Kier molecular flexibility index (Phi) is 6.39. The Labute approximate surface area is 287 Å². The third kappa shape index (κ3) is 4.58. The molecule has 6 heteroatoms. The van der Waals surface area contributed by atoms with Gasteiger partial charge in [0.25, 0.3) is 0 Å². The van der Waals surface area contributed by atoms with Gasteiger partial charge in [-0.1, -0.05) is 97.1 Å². The molecule has 4 aromatic heterocycles. The quantitative estimate of drug-likeness (QED) is 0.187. The van der Waals surface area contributed by atoms with Crippen LogP contribution in [0, 0.1) is 0 Å². The fraction of sp³-hybridized carbons (Fsp3) is 0. The van der Waals surface area contributed by atoms with E-state index in [-0.39, 0.29) is 0 Å². The summed E-state index contributed by atoms with van der Waals surface area (Å²) in [5.74, 6) is 1.79. The maximum Gasteiger partial charge on any atom is 0.164 e. The van der Waals surface area contributed by atoms with Crippen LogP contribution < -0.4 is 0 Å². The summed E-state index contributed by atoms with van der Waals surface area (Å²) in [5, 5.41) is 4.38. The SMILES string of the molecule is c1ccc(-c2nc(-c3ccccc3)nc(-c3cc(-c4ccncc4)c4c(c3)oc3cc5c6ccccc6n(-c6ccccc6)c5cc34)n2)cc1. The average Bonchev–Trinajstić information content (AvgIpc) is 3.72. The Balaban J connectivity index is 1.27. The van der Waals surface area contributed by atoms with E-state index in [1.165, 1.54) is 5.39 Å². The van der Waals surface area contributed by atoms with E-state index in [1.807, 2.05) is 85.2 Å². The van der Waals surface area contributed by atoms with Crippen LogP contribution in [-0.2, 0) is 0 Å². The summed E-state index contributed by atoms with van der Waals surface area (Å²) in [6.45, 7) is 0. The third-order valence-corrected chi connectivity index (χ3v) is 9.33. The van der Waals surface area contributed by atoms with E-state index in [9.17, 15) is 0 Å². The summed E-state index contributed by atoms with van der Waals surface area (Å²) in [6.07, 6.45) is 3.65. The molecule has 0 amide bonds. The first kappa shape index (κ1) is 28.1. The van der Waals surface area contributed by atoms with Crippen LogP contribution in [0.5, 0.6) is 0 Å². The van der Waals surface area contributed by atoms with Gasteiger partial charge in [-0.25, -0.2) is 15.0 Å². The Morgan fingerprint density at radius 1 is 0.420 bits per heavy atom. The van der Waals surface area contributed by atoms with Crippen molar-refractivity contribution in [2.45, 2.75) is 0 Å². The zero-order valence-electron chi connectivity index (χ0n) is 26.7. The molecule has 0 unspecified atom stereocenters. The van der Waals surface area contributed by atoms with Crippen LogP contribution in [0.25, 0.3) is 94.7 Å². The lowest BCUT2D eigenvalue weighted by Gasteiger charge is -2.11. The number of hydrogen-bond donors (Lipinski definition) is 0. The van der Waals surface area contributed by atoms with Crippen LogP contribution in [0.2, 0.25) is 0 Å². The van der Waals surface area contributed by atoms with Gasteiger partial charge in [-0.3, -0.25) is 4.98 Å². The molecule has 10 rings (SSSR count). The molecular weight excluding hydrogens is 615 g/mol. The first-order valence-electron chi connectivity index (χ1n) is 16.5. The van der Waals surface area contributed by atoms with Gasteiger partial charge >= 0.3 is 0 Å². The number of benzene rings is 6. The molecule has 0 radical (unpaired) electrons. The average molecular weight is 642 g/mol. The van der Waals surface area contributed by atoms with Gasteiger partial charge in [0, 0.05) is 56.3 Å². The molecule has 0 fully saturated rings. The second-order valence-corrected chi connectivity index (χ2v) is 12.3. The zero-order chi connectivity index (χ0) is 33.0. The maximum absolute atomic E-state index is 6.78. The molecular formula is C44H27N5O. The van der Waals surface area contributed by atoms with Crippen molar-refractivity contribution in [3.63, 3.8) is 0 Å². The second-order valence-electron chi connectivity index (χ2n) is 12.3. The molecule has 50 heavy (non-hydrogen) atoms. The number of furan rings is 1. The number of nitrogens with zero attached hydrogens (tertiary/aromatic N) is 5. The fourth-order valence-corrected chi connectivity index (χ4v) is 7.05. The van der Waals surface area contributed by atoms with Crippen LogP contribution in [0.15, 0.2) is 168 Å². The fourth-order valence-electron chi connectivity index (χ4n) is 7.05. The Hall–Kier alpha value is -6.92. The topological polar surface area (TPSA) is 69.6 Å². The highest BCUT2D eigenvalue weighted by atomic mass is 16.3. The van der Waals surface area contributed by atoms with Crippen molar-refractivity contribution in [1.29, 1.82) is 0 Å². The predicted octanol–water partition coefficient (Wildman–Crippen LogP) is 10.9. The van der Waals surface area contributed by atoms with Crippen molar-refractivity contribution >= 4 is 43.7 Å². The number of pyridine rings is 1. The van der Waals surface area contributed by atoms with E-state index in [0.29, 0.717) is 17.5 Å². The molecule has 0 aliphatic heterocycles. The minimum atomic E-state index is 0.571. The predicted molar refractivity (Wildman–Crippen MR) is 201 cm³/mol. The third-order valence-electron chi connectivity index (χ3n) is 9.33. The van der Waals surface area contributed by atoms with E-state index in [0.717, 1.165) is 71.9 Å². The highest BCUT2D eigenvalue weighted by Crippen LogP contribution is 2.43. The molecule has 0 atom stereocenters. The number of rotatable bonds is 5. The zero-order valence-corrected chi connectivity index (χ0v) is 26.7. The summed E-state index contributed by atoms with van der Waals surface area (Å²) < 4.78 is 9.12. The molecule has 0 aliphatic rings. The van der Waals surface area contributed by atoms with E-state index >= 15 is 0 Å². The summed E-state index contributed by atoms with van der Waals surface area (Å²) in [4.78, 5) is 19.3. The molecule has 0 spiro atoms. The molecule has 10 aromatic rings. The van der Waals surface area contributed by atoms with Crippen LogP contribution in [0.3, 0.4) is 0 Å². The number of para-hydroxylation sites is 2. The molecule has 0 aliphatic carbocycles. The normalized spacial score (nSPS) is 11.6. The monoisotopic (exact) mass is 641 g/mol. The smallest absolute Gasteiger partial charge is 0.164 e. The highest BCUT2D eigenvalue weighted by molar-refractivity contribution is 6.20. The lowest BCUT2D eigenvalue weighted by molar-refractivity contribution is 0.669. The molecule has 0 N–H and O–H groups in total. The van der Waals surface area contributed by atoms with Crippen molar-refractivity contribution in [1.82, 2.24) is 24.5 Å². The lowest BCUT2D eigenvalue weighted by atomic mass is 9.97. The van der Waals surface area contributed by atoms with E-state index in [2.05, 4.69) is 88.4 Å². The minimum absolute atomic E-state index is 0.571. The highest BCUT2D eigenvalue weighted by Gasteiger charge is 2.21. The first-order chi connectivity index (χ1) is 24.8. The second kappa shape index (κ2) is 11.4.